The monoisotopic (exact) mass is 231 g/mol. The Bertz CT molecular complexity index is 340. The van der Waals surface area contributed by atoms with Crippen LogP contribution in [-0.4, -0.2) is 51.6 Å². The normalized spacial score (nSPS) is 9.71. The smallest absolute Gasteiger partial charge is 0.243 e. The number of aryl methyl sites for hydroxylation is 2. The summed E-state index contributed by atoms with van der Waals surface area (Å²) in [6.07, 6.45) is 6.14. The molecule has 0 amide bonds. The Balaban J connectivity index is 0. The molecule has 0 spiro atoms. The van der Waals surface area contributed by atoms with Gasteiger partial charge >= 0.3 is 0 Å². The van der Waals surface area contributed by atoms with E-state index in [1.165, 1.54) is 0 Å². The summed E-state index contributed by atoms with van der Waals surface area (Å²) in [7, 11) is -2.90. The zero-order valence-electron chi connectivity index (χ0n) is 8.41. The maximum Gasteiger partial charge on any atom is 0.243 e. The molecular formula is C6H12N2NaO4S. The SMILES string of the molecule is CCn1cc[n+](C)c1.O=S(=O)([O-])O.[Na]. The van der Waals surface area contributed by atoms with Crippen LogP contribution in [-0.2, 0) is 24.0 Å². The van der Waals surface area contributed by atoms with E-state index in [0.29, 0.717) is 0 Å². The Hall–Kier alpha value is 0.0800. The van der Waals surface area contributed by atoms with Crippen molar-refractivity contribution in [2.24, 2.45) is 7.05 Å². The van der Waals surface area contributed by atoms with E-state index in [4.69, 9.17) is 17.5 Å². The van der Waals surface area contributed by atoms with E-state index in [-0.39, 0.29) is 29.6 Å². The molecule has 0 aromatic carbocycles. The minimum atomic E-state index is -4.92. The molecule has 0 aliphatic heterocycles. The largest absolute Gasteiger partial charge is 0.726 e. The molecule has 1 aromatic heterocycles. The molecule has 0 aliphatic rings. The summed E-state index contributed by atoms with van der Waals surface area (Å²) in [5.41, 5.74) is 0. The molecule has 1 heterocycles. The molecule has 1 radical (unpaired) electrons. The average molecular weight is 231 g/mol. The van der Waals surface area contributed by atoms with Gasteiger partial charge in [-0.1, -0.05) is 0 Å². The molecule has 1 rings (SSSR count). The molecule has 0 unspecified atom stereocenters. The summed E-state index contributed by atoms with van der Waals surface area (Å²) < 4.78 is 37.0. The molecule has 8 heteroatoms. The van der Waals surface area contributed by atoms with Crippen molar-refractivity contribution in [2.45, 2.75) is 13.5 Å². The van der Waals surface area contributed by atoms with Crippen LogP contribution in [0.3, 0.4) is 0 Å². The van der Waals surface area contributed by atoms with Gasteiger partial charge in [-0.3, -0.25) is 4.55 Å². The summed E-state index contributed by atoms with van der Waals surface area (Å²) in [4.78, 5) is 0. The molecule has 0 fully saturated rings. The van der Waals surface area contributed by atoms with Gasteiger partial charge in [-0.15, -0.1) is 0 Å². The number of imidazole rings is 1. The van der Waals surface area contributed by atoms with Gasteiger partial charge in [0.1, 0.15) is 12.4 Å². The first-order valence-corrected chi connectivity index (χ1v) is 4.88. The van der Waals surface area contributed by atoms with Crippen LogP contribution >= 0.6 is 0 Å². The molecule has 77 valence electrons. The zero-order chi connectivity index (χ0) is 10.5. The van der Waals surface area contributed by atoms with Crippen LogP contribution < -0.4 is 4.57 Å². The van der Waals surface area contributed by atoms with E-state index in [1.54, 1.807) is 0 Å². The maximum absolute atomic E-state index is 8.63. The number of nitrogens with zero attached hydrogens (tertiary/aromatic N) is 2. The van der Waals surface area contributed by atoms with Gasteiger partial charge in [0.2, 0.25) is 16.7 Å². The van der Waals surface area contributed by atoms with Crippen molar-refractivity contribution in [3.05, 3.63) is 18.7 Å². The van der Waals surface area contributed by atoms with Crippen molar-refractivity contribution in [1.82, 2.24) is 4.57 Å². The predicted octanol–water partition coefficient (Wildman–Crippen LogP) is -1.04. The maximum atomic E-state index is 8.63. The fourth-order valence-corrected chi connectivity index (χ4v) is 0.689. The summed E-state index contributed by atoms with van der Waals surface area (Å²) in [5, 5.41) is 0. The zero-order valence-corrected chi connectivity index (χ0v) is 11.2. The van der Waals surface area contributed by atoms with Crippen molar-refractivity contribution >= 4 is 40.0 Å². The van der Waals surface area contributed by atoms with Crippen molar-refractivity contribution in [2.75, 3.05) is 0 Å². The molecule has 1 aromatic rings. The van der Waals surface area contributed by atoms with Crippen LogP contribution in [0.2, 0.25) is 0 Å². The average Bonchev–Trinajstić information content (AvgIpc) is 2.31. The van der Waals surface area contributed by atoms with Crippen LogP contribution in [0.1, 0.15) is 6.92 Å². The second-order valence-corrected chi connectivity index (χ2v) is 3.19. The van der Waals surface area contributed by atoms with Gasteiger partial charge in [0.25, 0.3) is 0 Å². The summed E-state index contributed by atoms with van der Waals surface area (Å²) >= 11 is 0. The minimum Gasteiger partial charge on any atom is -0.726 e. The first-order valence-electron chi connectivity index (χ1n) is 3.52. The Morgan fingerprint density at radius 1 is 1.57 bits per heavy atom. The van der Waals surface area contributed by atoms with Crippen molar-refractivity contribution in [3.63, 3.8) is 0 Å². The fourth-order valence-electron chi connectivity index (χ4n) is 0.689. The number of hydrogen-bond donors (Lipinski definition) is 1. The summed E-state index contributed by atoms with van der Waals surface area (Å²) in [5.74, 6) is 0. The Morgan fingerprint density at radius 3 is 2.14 bits per heavy atom. The number of aromatic nitrogens is 2. The van der Waals surface area contributed by atoms with Crippen LogP contribution in [0.5, 0.6) is 0 Å². The van der Waals surface area contributed by atoms with Crippen molar-refractivity contribution in [3.8, 4) is 0 Å². The van der Waals surface area contributed by atoms with Gasteiger partial charge in [-0.05, 0) is 6.92 Å². The van der Waals surface area contributed by atoms with Gasteiger partial charge in [0.15, 0.2) is 0 Å². The molecule has 6 nitrogen and oxygen atoms in total. The van der Waals surface area contributed by atoms with Crippen LogP contribution in [0.15, 0.2) is 18.7 Å². The van der Waals surface area contributed by atoms with Crippen molar-refractivity contribution in [1.29, 1.82) is 0 Å². The van der Waals surface area contributed by atoms with E-state index in [1.807, 2.05) is 17.8 Å². The molecular weight excluding hydrogens is 219 g/mol. The first kappa shape index (κ1) is 16.5. The van der Waals surface area contributed by atoms with Crippen LogP contribution in [0, 0.1) is 0 Å². The molecule has 0 saturated carbocycles. The number of hydrogen-bond acceptors (Lipinski definition) is 3. The van der Waals surface area contributed by atoms with Crippen LogP contribution in [0.25, 0.3) is 0 Å². The third kappa shape index (κ3) is 12.1. The molecule has 0 aliphatic carbocycles. The first-order chi connectivity index (χ1) is 5.83. The van der Waals surface area contributed by atoms with Crippen molar-refractivity contribution < 1.29 is 22.1 Å². The van der Waals surface area contributed by atoms with Gasteiger partial charge in [0.05, 0.1) is 13.6 Å². The Labute approximate surface area is 105 Å². The van der Waals surface area contributed by atoms with E-state index >= 15 is 0 Å². The fraction of sp³-hybridized carbons (Fsp3) is 0.500. The van der Waals surface area contributed by atoms with Crippen LogP contribution in [0.4, 0.5) is 0 Å². The van der Waals surface area contributed by atoms with E-state index < -0.39 is 10.4 Å². The molecule has 0 saturated heterocycles. The van der Waals surface area contributed by atoms with Gasteiger partial charge in [0, 0.05) is 29.6 Å². The molecule has 0 atom stereocenters. The summed E-state index contributed by atoms with van der Waals surface area (Å²) in [6, 6.07) is 0. The Morgan fingerprint density at radius 2 is 2.00 bits per heavy atom. The molecule has 14 heavy (non-hydrogen) atoms. The topological polar surface area (TPSA) is 86.2 Å². The van der Waals surface area contributed by atoms with E-state index in [0.717, 1.165) is 6.54 Å². The third-order valence-corrected chi connectivity index (χ3v) is 1.19. The number of rotatable bonds is 1. The van der Waals surface area contributed by atoms with Gasteiger partial charge in [-0.25, -0.2) is 17.6 Å². The Kier molecular flexibility index (Phi) is 8.70. The quantitative estimate of drug-likeness (QED) is 0.289. The standard InChI is InChI=1S/C6H11N2.Na.H2O4S/c1-3-8-5-4-7(2)6-8;;1-5(2,3)4/h4-6H,3H2,1-2H3;;(H2,1,2,3,4)/q+1;;/p-1. The second-order valence-electron chi connectivity index (χ2n) is 2.34. The summed E-state index contributed by atoms with van der Waals surface area (Å²) in [6.45, 7) is 3.18. The molecule has 0 bridgehead atoms. The van der Waals surface area contributed by atoms with Gasteiger partial charge in [-0.2, -0.15) is 0 Å². The predicted molar refractivity (Wildman–Crippen MR) is 49.4 cm³/mol. The van der Waals surface area contributed by atoms with Gasteiger partial charge < -0.3 is 4.55 Å². The molecule has 1 N–H and O–H groups in total. The second kappa shape index (κ2) is 7.38. The van der Waals surface area contributed by atoms with E-state index in [2.05, 4.69) is 24.0 Å². The minimum absolute atomic E-state index is 0. The third-order valence-electron chi connectivity index (χ3n) is 1.19. The van der Waals surface area contributed by atoms with E-state index in [9.17, 15) is 0 Å².